The standard InChI is InChI=1S/C53H31N5O.C31H19NO.C22H13FN4/c54-32-36-31-35(52-56-50(33-15-3-1-4-16-33)55-51(57-52)34-17-5-2-6-18-34)27-29-43(36)58-44-24-12-8-20-39(44)48-45(58)30-28-38-37-19-7-9-21-40(37)53(49(38)48)41-22-10-13-25-46(41)59-47-26-14-11-23-42(47)53;1-3-11-22-19(9-1)20-17-18-26-29(21-10-2-6-14-25(21)32-26)30(20)31(22)23-12-4-7-15-27(23)33-28-16-8-5-13-24(28)31;23-19-12-11-17(13-18(19)14-24)22-26-20(15-7-3-1-4-8-15)25-21(27-22)16-9-5-2-6-10-16/h1-31H;1-18,32H;1-13H. The maximum atomic E-state index is 13.7. The molecule has 0 atom stereocenters. The van der Waals surface area contributed by atoms with Gasteiger partial charge in [-0.05, 0) is 129 Å². The second-order valence-corrected chi connectivity index (χ2v) is 29.8. The predicted octanol–water partition coefficient (Wildman–Crippen LogP) is 25.0. The lowest BCUT2D eigenvalue weighted by atomic mass is 9.65. The van der Waals surface area contributed by atoms with Crippen molar-refractivity contribution in [2.24, 2.45) is 0 Å². The van der Waals surface area contributed by atoms with Crippen LogP contribution < -0.4 is 9.47 Å². The Bertz CT molecular complexity index is 7410. The van der Waals surface area contributed by atoms with E-state index < -0.39 is 16.6 Å². The molecule has 119 heavy (non-hydrogen) atoms. The molecule has 0 saturated heterocycles. The van der Waals surface area contributed by atoms with Crippen LogP contribution in [0.25, 0.3) is 140 Å². The summed E-state index contributed by atoms with van der Waals surface area (Å²) in [7, 11) is 0. The lowest BCUT2D eigenvalue weighted by Crippen LogP contribution is -2.32. The first kappa shape index (κ1) is 69.4. The number of fused-ring (bicyclic) bond motifs is 26. The zero-order valence-electron chi connectivity index (χ0n) is 63.5. The van der Waals surface area contributed by atoms with Crippen molar-refractivity contribution >= 4 is 43.6 Å². The molecule has 0 amide bonds. The second kappa shape index (κ2) is 28.0. The van der Waals surface area contributed by atoms with Crippen molar-refractivity contribution in [3.63, 3.8) is 0 Å². The van der Waals surface area contributed by atoms with E-state index >= 15 is 0 Å². The smallest absolute Gasteiger partial charge is 0.164 e. The Morgan fingerprint density at radius 3 is 1.11 bits per heavy atom. The fourth-order valence-corrected chi connectivity index (χ4v) is 18.5. The lowest BCUT2D eigenvalue weighted by molar-refractivity contribution is 0.436. The van der Waals surface area contributed by atoms with Gasteiger partial charge < -0.3 is 19.0 Å². The molecule has 20 aromatic rings. The summed E-state index contributed by atoms with van der Waals surface area (Å²) in [6, 6.07) is 131. The van der Waals surface area contributed by atoms with Crippen LogP contribution in [0.1, 0.15) is 55.6 Å². The minimum atomic E-state index is -0.653. The maximum Gasteiger partial charge on any atom is 0.164 e. The van der Waals surface area contributed by atoms with Crippen molar-refractivity contribution in [3.05, 3.63) is 438 Å². The highest BCUT2D eigenvalue weighted by atomic mass is 19.1. The maximum absolute atomic E-state index is 13.7. The molecular weight excluding hydrogens is 1460 g/mol. The third kappa shape index (κ3) is 10.9. The van der Waals surface area contributed by atoms with E-state index in [0.717, 1.165) is 89.4 Å². The zero-order valence-corrected chi connectivity index (χ0v) is 63.5. The summed E-state index contributed by atoms with van der Waals surface area (Å²) in [5, 5.41) is 24.9. The largest absolute Gasteiger partial charge is 0.457 e. The van der Waals surface area contributed by atoms with E-state index in [4.69, 9.17) is 29.7 Å². The Kier molecular flexibility index (Phi) is 16.3. The van der Waals surface area contributed by atoms with Crippen LogP contribution in [-0.4, -0.2) is 39.5 Å². The number of hydrogen-bond donors (Lipinski definition) is 1. The molecular formula is C106H63FN10O2. The summed E-state index contributed by atoms with van der Waals surface area (Å²) in [5.74, 6) is 6.04. The van der Waals surface area contributed by atoms with Crippen molar-refractivity contribution in [3.8, 4) is 131 Å². The van der Waals surface area contributed by atoms with E-state index in [2.05, 4.69) is 237 Å². The number of nitriles is 2. The van der Waals surface area contributed by atoms with Gasteiger partial charge in [0.15, 0.2) is 34.9 Å². The number of aromatic amines is 1. The van der Waals surface area contributed by atoms with Crippen LogP contribution in [0.4, 0.5) is 4.39 Å². The first-order valence-corrected chi connectivity index (χ1v) is 39.4. The first-order valence-electron chi connectivity index (χ1n) is 39.4. The van der Waals surface area contributed by atoms with E-state index in [-0.39, 0.29) is 5.56 Å². The van der Waals surface area contributed by atoms with Gasteiger partial charge in [-0.1, -0.05) is 291 Å². The summed E-state index contributed by atoms with van der Waals surface area (Å²) in [6.45, 7) is 0. The number of benzene rings is 16. The molecule has 2 spiro atoms. The van der Waals surface area contributed by atoms with Crippen LogP contribution in [0.3, 0.4) is 0 Å². The van der Waals surface area contributed by atoms with Gasteiger partial charge in [-0.2, -0.15) is 10.5 Å². The average molecular weight is 1530 g/mol. The highest BCUT2D eigenvalue weighted by molar-refractivity contribution is 6.17. The van der Waals surface area contributed by atoms with Crippen LogP contribution in [0, 0.1) is 28.5 Å². The normalized spacial score (nSPS) is 12.8. The molecule has 0 fully saturated rings. The quantitative estimate of drug-likeness (QED) is 0.162. The Morgan fingerprint density at radius 1 is 0.286 bits per heavy atom. The van der Waals surface area contributed by atoms with Gasteiger partial charge in [0, 0.05) is 88.2 Å². The number of ether oxygens (including phenoxy) is 2. The predicted molar refractivity (Wildman–Crippen MR) is 467 cm³/mol. The summed E-state index contributed by atoms with van der Waals surface area (Å²) in [6.07, 6.45) is 0. The van der Waals surface area contributed by atoms with Crippen molar-refractivity contribution in [2.45, 2.75) is 10.8 Å². The lowest BCUT2D eigenvalue weighted by Gasteiger charge is -2.39. The van der Waals surface area contributed by atoms with Gasteiger partial charge in [0.2, 0.25) is 0 Å². The van der Waals surface area contributed by atoms with Crippen LogP contribution in [0.15, 0.2) is 376 Å². The fourth-order valence-electron chi connectivity index (χ4n) is 18.5. The number of aromatic nitrogens is 8. The van der Waals surface area contributed by atoms with Gasteiger partial charge in [-0.15, -0.1) is 0 Å². The highest BCUT2D eigenvalue weighted by Gasteiger charge is 2.54. The average Bonchev–Trinajstić information content (AvgIpc) is 1.52. The van der Waals surface area contributed by atoms with E-state index in [1.54, 1.807) is 6.07 Å². The molecule has 16 aromatic carbocycles. The van der Waals surface area contributed by atoms with E-state index in [1.807, 2.05) is 158 Å². The SMILES string of the molecule is N#Cc1cc(-c2nc(-c3ccccc3)nc(-c3ccccc3)n2)ccc1-n1c2ccccc2c2c3c(ccc21)-c1ccccc1C31c2ccccc2Oc2ccccc21.N#Cc1cc(-c2nc(-c3ccccc3)nc(-c3ccccc3)n2)ccc1F.c1ccc2c(c1)Oc1ccccc1C21c2ccccc2-c2ccc3[nH]c4ccccc4c3c21. The molecule has 0 unspecified atom stereocenters. The number of rotatable bonds is 7. The molecule has 13 heteroatoms. The number of nitrogens with one attached hydrogen (secondary N) is 1. The molecule has 6 heterocycles. The fraction of sp³-hybridized carbons (Fsp3) is 0.0189. The minimum absolute atomic E-state index is 0.0459. The number of H-pyrrole nitrogens is 1. The zero-order chi connectivity index (χ0) is 79.3. The van der Waals surface area contributed by atoms with Gasteiger partial charge in [0.05, 0.1) is 38.7 Å². The number of hydrogen-bond acceptors (Lipinski definition) is 10. The van der Waals surface area contributed by atoms with E-state index in [0.29, 0.717) is 46.1 Å². The summed E-state index contributed by atoms with van der Waals surface area (Å²) in [4.78, 5) is 32.2. The van der Waals surface area contributed by atoms with Gasteiger partial charge in [0.1, 0.15) is 41.0 Å². The molecule has 0 bridgehead atoms. The number of halogens is 1. The first-order chi connectivity index (χ1) is 58.8. The van der Waals surface area contributed by atoms with Crippen molar-refractivity contribution in [1.29, 1.82) is 10.5 Å². The van der Waals surface area contributed by atoms with Gasteiger partial charge in [-0.25, -0.2) is 34.3 Å². The minimum Gasteiger partial charge on any atom is -0.457 e. The third-order valence-corrected chi connectivity index (χ3v) is 23.5. The Balaban J connectivity index is 0.000000119. The molecule has 4 aromatic heterocycles. The molecule has 24 rings (SSSR count). The Hall–Kier alpha value is -16.4. The van der Waals surface area contributed by atoms with Gasteiger partial charge >= 0.3 is 0 Å². The molecule has 2 aliphatic carbocycles. The van der Waals surface area contributed by atoms with Crippen LogP contribution >= 0.6 is 0 Å². The molecule has 0 radical (unpaired) electrons. The molecule has 556 valence electrons. The van der Waals surface area contributed by atoms with Crippen LogP contribution in [0.5, 0.6) is 23.0 Å². The molecule has 4 aliphatic rings. The van der Waals surface area contributed by atoms with Crippen molar-refractivity contribution < 1.29 is 13.9 Å². The molecule has 12 nitrogen and oxygen atoms in total. The molecule has 1 N–H and O–H groups in total. The summed E-state index contributed by atoms with van der Waals surface area (Å²) >= 11 is 0. The molecule has 0 saturated carbocycles. The van der Waals surface area contributed by atoms with E-state index in [9.17, 15) is 9.65 Å². The topological polar surface area (TPSA) is 164 Å². The Labute approximate surface area is 683 Å². The number of para-hydroxylation sites is 6. The highest BCUT2D eigenvalue weighted by Crippen LogP contribution is 2.66. The van der Waals surface area contributed by atoms with Crippen LogP contribution in [0.2, 0.25) is 0 Å². The summed E-state index contributed by atoms with van der Waals surface area (Å²) in [5.41, 5.74) is 24.0. The van der Waals surface area contributed by atoms with Gasteiger partial charge in [0.25, 0.3) is 0 Å². The Morgan fingerprint density at radius 2 is 0.647 bits per heavy atom. The summed E-state index contributed by atoms with van der Waals surface area (Å²) < 4.78 is 29.1. The molecule has 2 aliphatic heterocycles. The van der Waals surface area contributed by atoms with Crippen molar-refractivity contribution in [1.82, 2.24) is 39.5 Å². The monoisotopic (exact) mass is 1530 g/mol. The number of nitrogens with zero attached hydrogens (tertiary/aromatic N) is 9. The third-order valence-electron chi connectivity index (χ3n) is 23.5. The van der Waals surface area contributed by atoms with Crippen molar-refractivity contribution in [2.75, 3.05) is 0 Å². The van der Waals surface area contributed by atoms with Crippen LogP contribution in [-0.2, 0) is 10.8 Å². The van der Waals surface area contributed by atoms with Gasteiger partial charge in [-0.3, -0.25) is 0 Å². The van der Waals surface area contributed by atoms with E-state index in [1.165, 1.54) is 89.6 Å². The second-order valence-electron chi connectivity index (χ2n) is 29.8.